The number of piperazine rings is 1. The number of aromatic nitrogens is 1. The van der Waals surface area contributed by atoms with Gasteiger partial charge in [0.25, 0.3) is 0 Å². The number of methoxy groups -OCH3 is 1. The van der Waals surface area contributed by atoms with Crippen LogP contribution < -0.4 is 19.9 Å². The van der Waals surface area contributed by atoms with Gasteiger partial charge in [-0.05, 0) is 50.9 Å². The Hall–Kier alpha value is -3.85. The van der Waals surface area contributed by atoms with E-state index in [1.165, 1.54) is 42.4 Å². The average Bonchev–Trinajstić information content (AvgIpc) is 3.47. The molecule has 0 saturated carbocycles. The molecule has 39 heavy (non-hydrogen) atoms. The van der Waals surface area contributed by atoms with Crippen molar-refractivity contribution in [3.63, 3.8) is 0 Å². The first-order chi connectivity index (χ1) is 19.1. The van der Waals surface area contributed by atoms with Crippen LogP contribution in [-0.2, 0) is 13.0 Å². The number of hydrogen-bond donors (Lipinski definition) is 1. The summed E-state index contributed by atoms with van der Waals surface area (Å²) in [5.74, 6) is 1.27. The Kier molecular flexibility index (Phi) is 8.46. The molecule has 2 fully saturated rings. The number of pyridine rings is 1. The minimum atomic E-state index is 0.110. The Balaban J connectivity index is 0.000000455. The molecular weight excluding hydrogens is 486 g/mol. The minimum Gasteiger partial charge on any atom is -0.480 e. The van der Waals surface area contributed by atoms with E-state index in [0.29, 0.717) is 24.4 Å². The van der Waals surface area contributed by atoms with E-state index in [9.17, 15) is 5.26 Å². The highest BCUT2D eigenvalue weighted by molar-refractivity contribution is 5.94. The molecule has 8 nitrogen and oxygen atoms in total. The molecule has 0 spiro atoms. The van der Waals surface area contributed by atoms with E-state index in [4.69, 9.17) is 15.0 Å². The largest absolute Gasteiger partial charge is 0.480 e. The third kappa shape index (κ3) is 5.78. The summed E-state index contributed by atoms with van der Waals surface area (Å²) >= 11 is 0. The second-order valence-electron chi connectivity index (χ2n) is 10.5. The molecule has 0 bridgehead atoms. The average molecular weight is 524 g/mol. The Morgan fingerprint density at radius 3 is 2.51 bits per heavy atom. The molecule has 8 heteroatoms. The maximum Gasteiger partial charge on any atom is 0.233 e. The SMILES string of the molecule is CN1CCCC1.COc1nc(N2CCNC(CC#N)C2)c2c(c1C#N)CN(c1cccc3ccccc13)CC2. The molecule has 3 aromatic rings. The highest BCUT2D eigenvalue weighted by atomic mass is 16.5. The van der Waals surface area contributed by atoms with Crippen LogP contribution in [0.25, 0.3) is 10.8 Å². The van der Waals surface area contributed by atoms with Crippen LogP contribution in [0.15, 0.2) is 42.5 Å². The zero-order valence-electron chi connectivity index (χ0n) is 23.0. The normalized spacial score (nSPS) is 19.0. The highest BCUT2D eigenvalue weighted by Gasteiger charge is 2.30. The number of fused-ring (bicyclic) bond motifs is 2. The lowest BCUT2D eigenvalue weighted by molar-refractivity contribution is 0.393. The number of nitrogens with zero attached hydrogens (tertiary/aromatic N) is 6. The molecular formula is C31H37N7O. The van der Waals surface area contributed by atoms with Crippen LogP contribution >= 0.6 is 0 Å². The molecule has 1 atom stereocenters. The summed E-state index contributed by atoms with van der Waals surface area (Å²) < 4.78 is 5.57. The topological polar surface area (TPSA) is 91.5 Å². The fraction of sp³-hybridized carbons (Fsp3) is 0.452. The summed E-state index contributed by atoms with van der Waals surface area (Å²) in [4.78, 5) is 11.8. The maximum absolute atomic E-state index is 10.00. The van der Waals surface area contributed by atoms with Crippen LogP contribution in [0.3, 0.4) is 0 Å². The summed E-state index contributed by atoms with van der Waals surface area (Å²) in [6, 6.07) is 19.5. The molecule has 4 heterocycles. The number of nitriles is 2. The van der Waals surface area contributed by atoms with Crippen LogP contribution in [0.2, 0.25) is 0 Å². The Morgan fingerprint density at radius 2 is 1.79 bits per heavy atom. The van der Waals surface area contributed by atoms with Gasteiger partial charge in [-0.2, -0.15) is 15.5 Å². The fourth-order valence-corrected chi connectivity index (χ4v) is 5.94. The summed E-state index contributed by atoms with van der Waals surface area (Å²) in [6.45, 7) is 6.44. The summed E-state index contributed by atoms with van der Waals surface area (Å²) in [5.41, 5.74) is 3.82. The van der Waals surface area contributed by atoms with Crippen molar-refractivity contribution >= 4 is 22.3 Å². The lowest BCUT2D eigenvalue weighted by Crippen LogP contribution is -2.51. The van der Waals surface area contributed by atoms with Gasteiger partial charge in [-0.3, -0.25) is 0 Å². The van der Waals surface area contributed by atoms with Gasteiger partial charge in [0.2, 0.25) is 5.88 Å². The predicted molar refractivity (Wildman–Crippen MR) is 155 cm³/mol. The second kappa shape index (κ2) is 12.3. The van der Waals surface area contributed by atoms with Gasteiger partial charge in [-0.25, -0.2) is 0 Å². The van der Waals surface area contributed by atoms with Crippen molar-refractivity contribution in [2.75, 3.05) is 63.2 Å². The molecule has 0 aliphatic carbocycles. The molecule has 2 aromatic carbocycles. The molecule has 1 aromatic heterocycles. The lowest BCUT2D eigenvalue weighted by Gasteiger charge is -2.38. The van der Waals surface area contributed by atoms with Gasteiger partial charge in [0.05, 0.1) is 19.6 Å². The van der Waals surface area contributed by atoms with E-state index < -0.39 is 0 Å². The summed E-state index contributed by atoms with van der Waals surface area (Å²) in [5, 5.41) is 25.0. The van der Waals surface area contributed by atoms with Crippen molar-refractivity contribution in [1.82, 2.24) is 15.2 Å². The third-order valence-corrected chi connectivity index (χ3v) is 7.97. The smallest absolute Gasteiger partial charge is 0.233 e. The first-order valence-corrected chi connectivity index (χ1v) is 13.9. The van der Waals surface area contributed by atoms with E-state index in [2.05, 4.69) is 81.7 Å². The zero-order chi connectivity index (χ0) is 27.2. The number of anilines is 2. The van der Waals surface area contributed by atoms with Crippen LogP contribution in [0.4, 0.5) is 11.5 Å². The van der Waals surface area contributed by atoms with Gasteiger partial charge < -0.3 is 24.8 Å². The van der Waals surface area contributed by atoms with Gasteiger partial charge >= 0.3 is 0 Å². The Bertz CT molecular complexity index is 1380. The maximum atomic E-state index is 10.00. The van der Waals surface area contributed by atoms with Crippen molar-refractivity contribution in [2.24, 2.45) is 0 Å². The summed E-state index contributed by atoms with van der Waals surface area (Å²) in [6.07, 6.45) is 4.08. The van der Waals surface area contributed by atoms with Crippen molar-refractivity contribution in [3.8, 4) is 18.0 Å². The number of likely N-dealkylation sites (tertiary alicyclic amines) is 1. The number of ether oxygens (including phenoxy) is 1. The minimum absolute atomic E-state index is 0.110. The Labute approximate surface area is 231 Å². The molecule has 3 aliphatic heterocycles. The van der Waals surface area contributed by atoms with E-state index >= 15 is 0 Å². The second-order valence-corrected chi connectivity index (χ2v) is 10.5. The van der Waals surface area contributed by atoms with Crippen molar-refractivity contribution in [1.29, 1.82) is 10.5 Å². The van der Waals surface area contributed by atoms with Crippen molar-refractivity contribution in [2.45, 2.75) is 38.3 Å². The van der Waals surface area contributed by atoms with E-state index in [-0.39, 0.29) is 6.04 Å². The molecule has 6 rings (SSSR count). The van der Waals surface area contributed by atoms with Crippen LogP contribution in [-0.4, -0.2) is 69.4 Å². The molecule has 1 unspecified atom stereocenters. The highest BCUT2D eigenvalue weighted by Crippen LogP contribution is 2.38. The van der Waals surface area contributed by atoms with Crippen LogP contribution in [0.1, 0.15) is 36.0 Å². The lowest BCUT2D eigenvalue weighted by atomic mass is 9.94. The number of rotatable bonds is 4. The first kappa shape index (κ1) is 26.7. The molecule has 0 amide bonds. The molecule has 1 N–H and O–H groups in total. The van der Waals surface area contributed by atoms with E-state index in [1.807, 2.05) is 0 Å². The van der Waals surface area contributed by atoms with Gasteiger partial charge in [0.1, 0.15) is 17.5 Å². The third-order valence-electron chi connectivity index (χ3n) is 7.97. The van der Waals surface area contributed by atoms with Crippen LogP contribution in [0.5, 0.6) is 5.88 Å². The zero-order valence-corrected chi connectivity index (χ0v) is 23.0. The number of benzene rings is 2. The van der Waals surface area contributed by atoms with Gasteiger partial charge in [-0.15, -0.1) is 0 Å². The number of hydrogen-bond acceptors (Lipinski definition) is 8. The molecule has 3 aliphatic rings. The predicted octanol–water partition coefficient (Wildman–Crippen LogP) is 4.08. The molecule has 202 valence electrons. The van der Waals surface area contributed by atoms with E-state index in [0.717, 1.165) is 49.5 Å². The molecule has 0 radical (unpaired) electrons. The van der Waals surface area contributed by atoms with E-state index in [1.54, 1.807) is 7.11 Å². The monoisotopic (exact) mass is 523 g/mol. The standard InChI is InChI=1S/C26H26N6O.C5H11N/c1-33-26-22(15-28)23-17-31(24-8-4-6-18-5-2-3-7-20(18)24)13-10-21(23)25(30-26)32-14-12-29-19(16-32)9-11-27;1-6-4-2-3-5-6/h2-8,19,29H,9-10,12-14,16-17H2,1H3;2-5H2,1H3. The van der Waals surface area contributed by atoms with Crippen LogP contribution in [0, 0.1) is 22.7 Å². The van der Waals surface area contributed by atoms with Crippen molar-refractivity contribution in [3.05, 3.63) is 59.2 Å². The van der Waals surface area contributed by atoms with Crippen molar-refractivity contribution < 1.29 is 4.74 Å². The van der Waals surface area contributed by atoms with Gasteiger partial charge in [-0.1, -0.05) is 36.4 Å². The van der Waals surface area contributed by atoms with Gasteiger partial charge in [0.15, 0.2) is 0 Å². The number of nitrogens with one attached hydrogen (secondary N) is 1. The quantitative estimate of drug-likeness (QED) is 0.547. The Morgan fingerprint density at radius 1 is 1.00 bits per heavy atom. The first-order valence-electron chi connectivity index (χ1n) is 13.9. The molecule has 2 saturated heterocycles. The summed E-state index contributed by atoms with van der Waals surface area (Å²) in [7, 11) is 3.74. The van der Waals surface area contributed by atoms with Gasteiger partial charge in [0, 0.05) is 61.0 Å². The fourth-order valence-electron chi connectivity index (χ4n) is 5.94.